The Balaban J connectivity index is 2.75. The highest BCUT2D eigenvalue weighted by atomic mass is 31.2. The van der Waals surface area contributed by atoms with Gasteiger partial charge in [-0.25, -0.2) is 0 Å². The molecule has 0 aromatic heterocycles. The molecule has 5 heteroatoms. The Morgan fingerprint density at radius 1 is 1.22 bits per heavy atom. The van der Waals surface area contributed by atoms with Crippen LogP contribution in [0.4, 0.5) is 0 Å². The second kappa shape index (κ2) is 6.39. The largest absolute Gasteiger partial charge is 0.396 e. The van der Waals surface area contributed by atoms with E-state index in [-0.39, 0.29) is 6.61 Å². The Labute approximate surface area is 55.1 Å². The fourth-order valence-electron chi connectivity index (χ4n) is 0.360. The van der Waals surface area contributed by atoms with E-state index < -0.39 is 8.60 Å². The topological polar surface area (TPSA) is 69.9 Å². The fraction of sp³-hybridized carbons (Fsp3) is 1.00. The summed E-state index contributed by atoms with van der Waals surface area (Å²) in [6.07, 6.45) is 1.31. The molecule has 56 valence electrons. The molecule has 0 rings (SSSR count). The number of unbranched alkanes of at least 4 members (excludes halogenated alkanes) is 1. The molecule has 0 aliphatic carbocycles. The van der Waals surface area contributed by atoms with Crippen molar-refractivity contribution >= 4 is 8.60 Å². The highest BCUT2D eigenvalue weighted by Gasteiger charge is 1.96. The molecule has 0 aliphatic rings. The molecule has 0 aromatic carbocycles. The van der Waals surface area contributed by atoms with E-state index in [1.54, 1.807) is 0 Å². The van der Waals surface area contributed by atoms with Gasteiger partial charge in [-0.05, 0) is 12.8 Å². The summed E-state index contributed by atoms with van der Waals surface area (Å²) in [5.41, 5.74) is 0. The lowest BCUT2D eigenvalue weighted by Gasteiger charge is -2.00. The minimum atomic E-state index is -2.20. The Hall–Kier alpha value is 0.270. The van der Waals surface area contributed by atoms with Crippen LogP contribution in [0, 0.1) is 0 Å². The van der Waals surface area contributed by atoms with E-state index in [1.807, 2.05) is 0 Å². The quantitative estimate of drug-likeness (QED) is 0.384. The third kappa shape index (κ3) is 8.27. The standard InChI is InChI=1S/C4H11O4P/c5-3-1-2-4-8-9(6)7/h5-7H,1-4H2. The molecule has 0 unspecified atom stereocenters. The minimum absolute atomic E-state index is 0.123. The first-order valence-corrected chi connectivity index (χ1v) is 3.85. The maximum Gasteiger partial charge on any atom is 0.327 e. The van der Waals surface area contributed by atoms with Gasteiger partial charge in [0.1, 0.15) is 0 Å². The molecule has 9 heavy (non-hydrogen) atoms. The first-order chi connectivity index (χ1) is 4.27. The first kappa shape index (κ1) is 9.27. The van der Waals surface area contributed by atoms with Crippen LogP contribution in [0.25, 0.3) is 0 Å². The van der Waals surface area contributed by atoms with Gasteiger partial charge in [-0.2, -0.15) is 0 Å². The fourth-order valence-corrected chi connectivity index (χ4v) is 0.652. The van der Waals surface area contributed by atoms with E-state index >= 15 is 0 Å². The van der Waals surface area contributed by atoms with Crippen molar-refractivity contribution in [2.75, 3.05) is 13.2 Å². The zero-order valence-electron chi connectivity index (χ0n) is 5.03. The molecule has 0 heterocycles. The van der Waals surface area contributed by atoms with Gasteiger partial charge in [0, 0.05) is 6.61 Å². The van der Waals surface area contributed by atoms with E-state index in [9.17, 15) is 0 Å². The van der Waals surface area contributed by atoms with Crippen molar-refractivity contribution in [3.8, 4) is 0 Å². The van der Waals surface area contributed by atoms with E-state index in [2.05, 4.69) is 4.52 Å². The molecule has 0 amide bonds. The molecule has 0 aromatic rings. The maximum atomic E-state index is 8.26. The predicted molar refractivity (Wildman–Crippen MR) is 33.6 cm³/mol. The van der Waals surface area contributed by atoms with Gasteiger partial charge < -0.3 is 19.4 Å². The molecule has 0 bridgehead atoms. The van der Waals surface area contributed by atoms with Gasteiger partial charge in [-0.15, -0.1) is 0 Å². The lowest BCUT2D eigenvalue weighted by atomic mass is 10.3. The van der Waals surface area contributed by atoms with E-state index in [1.165, 1.54) is 0 Å². The Kier molecular flexibility index (Phi) is 6.58. The van der Waals surface area contributed by atoms with Crippen LogP contribution < -0.4 is 0 Å². The van der Waals surface area contributed by atoms with Crippen LogP contribution in [0.5, 0.6) is 0 Å². The smallest absolute Gasteiger partial charge is 0.327 e. The molecule has 0 radical (unpaired) electrons. The van der Waals surface area contributed by atoms with Gasteiger partial charge in [0.25, 0.3) is 0 Å². The number of aliphatic hydroxyl groups is 1. The summed E-state index contributed by atoms with van der Waals surface area (Å²) in [6, 6.07) is 0. The molecular weight excluding hydrogens is 143 g/mol. The minimum Gasteiger partial charge on any atom is -0.396 e. The average Bonchev–Trinajstić information content (AvgIpc) is 1.80. The highest BCUT2D eigenvalue weighted by molar-refractivity contribution is 7.39. The Bertz CT molecular complexity index is 58.5. The van der Waals surface area contributed by atoms with Gasteiger partial charge in [0.05, 0.1) is 6.61 Å². The number of aliphatic hydroxyl groups excluding tert-OH is 1. The molecule has 0 atom stereocenters. The third-order valence-electron chi connectivity index (χ3n) is 0.759. The second-order valence-electron chi connectivity index (χ2n) is 1.52. The lowest BCUT2D eigenvalue weighted by molar-refractivity contribution is 0.228. The zero-order chi connectivity index (χ0) is 7.11. The van der Waals surface area contributed by atoms with Gasteiger partial charge in [-0.3, -0.25) is 0 Å². The van der Waals surface area contributed by atoms with Gasteiger partial charge in [0.15, 0.2) is 0 Å². The van der Waals surface area contributed by atoms with Crippen molar-refractivity contribution in [3.05, 3.63) is 0 Å². The number of hydrogen-bond donors (Lipinski definition) is 3. The third-order valence-corrected chi connectivity index (χ3v) is 1.17. The Morgan fingerprint density at radius 3 is 2.33 bits per heavy atom. The second-order valence-corrected chi connectivity index (χ2v) is 2.28. The van der Waals surface area contributed by atoms with Gasteiger partial charge >= 0.3 is 8.60 Å². The SMILES string of the molecule is OCCCCOP(O)O. The molecule has 3 N–H and O–H groups in total. The first-order valence-electron chi connectivity index (χ1n) is 2.69. The van der Waals surface area contributed by atoms with Crippen molar-refractivity contribution in [1.29, 1.82) is 0 Å². The number of hydrogen-bond acceptors (Lipinski definition) is 4. The average molecular weight is 154 g/mol. The van der Waals surface area contributed by atoms with Crippen molar-refractivity contribution < 1.29 is 19.4 Å². The van der Waals surface area contributed by atoms with Gasteiger partial charge in [-0.1, -0.05) is 0 Å². The molecular formula is C4H11O4P. The highest BCUT2D eigenvalue weighted by Crippen LogP contribution is 2.24. The summed E-state index contributed by atoms with van der Waals surface area (Å²) in [6.45, 7) is 0.428. The molecule has 0 spiro atoms. The summed E-state index contributed by atoms with van der Waals surface area (Å²) in [5.74, 6) is 0. The van der Waals surface area contributed by atoms with Crippen LogP contribution in [-0.2, 0) is 4.52 Å². The maximum absolute atomic E-state index is 8.26. The van der Waals surface area contributed by atoms with Crippen molar-refractivity contribution in [2.45, 2.75) is 12.8 Å². The van der Waals surface area contributed by atoms with E-state index in [4.69, 9.17) is 14.9 Å². The van der Waals surface area contributed by atoms with Crippen LogP contribution in [0.2, 0.25) is 0 Å². The van der Waals surface area contributed by atoms with Crippen LogP contribution in [0.1, 0.15) is 12.8 Å². The summed E-state index contributed by atoms with van der Waals surface area (Å²) in [4.78, 5) is 16.4. The molecule has 0 saturated heterocycles. The summed E-state index contributed by atoms with van der Waals surface area (Å²) in [7, 11) is -2.20. The van der Waals surface area contributed by atoms with Crippen LogP contribution >= 0.6 is 8.60 Å². The van der Waals surface area contributed by atoms with Crippen molar-refractivity contribution in [1.82, 2.24) is 0 Å². The van der Waals surface area contributed by atoms with Crippen LogP contribution in [-0.4, -0.2) is 28.1 Å². The zero-order valence-corrected chi connectivity index (χ0v) is 5.92. The van der Waals surface area contributed by atoms with Crippen molar-refractivity contribution in [2.24, 2.45) is 0 Å². The lowest BCUT2D eigenvalue weighted by Crippen LogP contribution is -1.91. The van der Waals surface area contributed by atoms with Crippen molar-refractivity contribution in [3.63, 3.8) is 0 Å². The number of rotatable bonds is 5. The van der Waals surface area contributed by atoms with E-state index in [0.29, 0.717) is 19.4 Å². The summed E-state index contributed by atoms with van der Waals surface area (Å²) < 4.78 is 4.41. The predicted octanol–water partition coefficient (Wildman–Crippen LogP) is -0.0130. The van der Waals surface area contributed by atoms with Crippen LogP contribution in [0.15, 0.2) is 0 Å². The Morgan fingerprint density at radius 2 is 1.89 bits per heavy atom. The van der Waals surface area contributed by atoms with E-state index in [0.717, 1.165) is 0 Å². The molecule has 0 saturated carbocycles. The summed E-state index contributed by atoms with van der Waals surface area (Å²) in [5, 5.41) is 8.26. The monoisotopic (exact) mass is 154 g/mol. The molecule has 0 aliphatic heterocycles. The normalized spacial score (nSPS) is 10.7. The molecule has 0 fully saturated rings. The molecule has 4 nitrogen and oxygen atoms in total. The summed E-state index contributed by atoms with van der Waals surface area (Å²) >= 11 is 0. The van der Waals surface area contributed by atoms with Gasteiger partial charge in [0.2, 0.25) is 0 Å². The van der Waals surface area contributed by atoms with Crippen LogP contribution in [0.3, 0.4) is 0 Å².